The number of benzene rings is 1. The molecule has 168 valence electrons. The molecule has 0 unspecified atom stereocenters. The maximum Gasteiger partial charge on any atom is 0.333 e. The van der Waals surface area contributed by atoms with Crippen LogP contribution < -0.4 is 10.0 Å². The van der Waals surface area contributed by atoms with Crippen LogP contribution in [0.4, 0.5) is 10.5 Å². The van der Waals surface area contributed by atoms with Crippen LogP contribution in [0.25, 0.3) is 0 Å². The molecule has 0 atom stereocenters. The number of aromatic nitrogens is 2. The highest BCUT2D eigenvalue weighted by Gasteiger charge is 2.28. The molecule has 32 heavy (non-hydrogen) atoms. The number of nitriles is 1. The summed E-state index contributed by atoms with van der Waals surface area (Å²) in [5.74, 6) is -0.553. The lowest BCUT2D eigenvalue weighted by Crippen LogP contribution is -2.35. The van der Waals surface area contributed by atoms with Crippen LogP contribution in [0.5, 0.6) is 0 Å². The summed E-state index contributed by atoms with van der Waals surface area (Å²) in [7, 11) is -1.47. The predicted octanol–water partition coefficient (Wildman–Crippen LogP) is 1.50. The van der Waals surface area contributed by atoms with Crippen LogP contribution in [0.1, 0.15) is 45.6 Å². The number of aryl methyl sites for hydroxylation is 3. The minimum Gasteiger partial charge on any atom is -0.327 e. The Morgan fingerprint density at radius 2 is 1.78 bits per heavy atom. The van der Waals surface area contributed by atoms with Crippen LogP contribution in [-0.2, 0) is 42.8 Å². The average molecular weight is 457 g/mol. The van der Waals surface area contributed by atoms with Crippen LogP contribution in [0, 0.1) is 11.3 Å². The van der Waals surface area contributed by atoms with Crippen molar-refractivity contribution < 1.29 is 18.0 Å². The molecule has 0 saturated carbocycles. The number of carbonyl (C=O) groups is 2. The number of urea groups is 1. The first kappa shape index (κ1) is 21.8. The van der Waals surface area contributed by atoms with E-state index in [0.717, 1.165) is 71.0 Å². The molecule has 0 spiro atoms. The Morgan fingerprint density at radius 3 is 2.38 bits per heavy atom. The van der Waals surface area contributed by atoms with Gasteiger partial charge in [0.15, 0.2) is 5.03 Å². The summed E-state index contributed by atoms with van der Waals surface area (Å²) in [5, 5.41) is 15.0. The highest BCUT2D eigenvalue weighted by Crippen LogP contribution is 2.38. The van der Waals surface area contributed by atoms with E-state index >= 15 is 0 Å². The normalized spacial score (nSPS) is 14.4. The van der Waals surface area contributed by atoms with Crippen molar-refractivity contribution in [1.29, 1.82) is 5.26 Å². The molecule has 10 nitrogen and oxygen atoms in total. The summed E-state index contributed by atoms with van der Waals surface area (Å²) in [6.45, 7) is -0.154. The molecule has 0 aliphatic heterocycles. The molecule has 11 heteroatoms. The van der Waals surface area contributed by atoms with E-state index < -0.39 is 27.0 Å². The highest BCUT2D eigenvalue weighted by atomic mass is 32.2. The maximum atomic E-state index is 12.8. The molecule has 0 radical (unpaired) electrons. The highest BCUT2D eigenvalue weighted by molar-refractivity contribution is 7.90. The second kappa shape index (κ2) is 8.27. The molecule has 2 aromatic rings. The quantitative estimate of drug-likeness (QED) is 0.654. The fraction of sp³-hybridized carbons (Fsp3) is 0.429. The van der Waals surface area contributed by atoms with Crippen LogP contribution in [0.3, 0.4) is 0 Å². The summed E-state index contributed by atoms with van der Waals surface area (Å²) < 4.78 is 28.6. The van der Waals surface area contributed by atoms with Crippen molar-refractivity contribution in [1.82, 2.24) is 19.4 Å². The Hall–Kier alpha value is -3.39. The Balaban J connectivity index is 1.55. The summed E-state index contributed by atoms with van der Waals surface area (Å²) in [4.78, 5) is 26.2. The van der Waals surface area contributed by atoms with Gasteiger partial charge < -0.3 is 10.2 Å². The molecule has 1 aromatic heterocycles. The third kappa shape index (κ3) is 3.93. The number of rotatable bonds is 5. The summed E-state index contributed by atoms with van der Waals surface area (Å²) in [5.41, 5.74) is 5.34. The smallest absolute Gasteiger partial charge is 0.327 e. The van der Waals surface area contributed by atoms with Crippen LogP contribution in [-0.4, -0.2) is 48.6 Å². The van der Waals surface area contributed by atoms with E-state index in [9.17, 15) is 18.0 Å². The Morgan fingerprint density at radius 1 is 1.16 bits per heavy atom. The van der Waals surface area contributed by atoms with Gasteiger partial charge in [0.25, 0.3) is 15.9 Å². The Bertz CT molecular complexity index is 1230. The number of hydrogen-bond acceptors (Lipinski definition) is 6. The van der Waals surface area contributed by atoms with E-state index in [1.54, 1.807) is 0 Å². The molecule has 0 bridgehead atoms. The lowest BCUT2D eigenvalue weighted by Gasteiger charge is -2.16. The third-order valence-electron chi connectivity index (χ3n) is 5.95. The van der Waals surface area contributed by atoms with Gasteiger partial charge in [-0.2, -0.15) is 18.8 Å². The number of fused-ring (bicyclic) bond motifs is 2. The largest absolute Gasteiger partial charge is 0.333 e. The van der Waals surface area contributed by atoms with Crippen LogP contribution >= 0.6 is 0 Å². The number of nitrogens with one attached hydrogen (secondary N) is 2. The molecule has 4 rings (SSSR count). The van der Waals surface area contributed by atoms with Gasteiger partial charge in [0, 0.05) is 25.8 Å². The van der Waals surface area contributed by atoms with Crippen molar-refractivity contribution >= 4 is 27.6 Å². The number of hydrogen-bond donors (Lipinski definition) is 2. The van der Waals surface area contributed by atoms with Crippen LogP contribution in [0.2, 0.25) is 0 Å². The molecule has 3 amide bonds. The topological polar surface area (TPSA) is 137 Å². The van der Waals surface area contributed by atoms with Crippen molar-refractivity contribution in [2.24, 2.45) is 7.05 Å². The summed E-state index contributed by atoms with van der Waals surface area (Å²) in [6, 6.07) is 4.30. The average Bonchev–Trinajstić information content (AvgIpc) is 3.46. The molecular formula is C21H24N6O4S. The van der Waals surface area contributed by atoms with E-state index in [4.69, 9.17) is 5.26 Å². The minimum atomic E-state index is -4.31. The van der Waals surface area contributed by atoms with Gasteiger partial charge in [-0.05, 0) is 60.8 Å². The van der Waals surface area contributed by atoms with Crippen molar-refractivity contribution in [2.75, 3.05) is 18.9 Å². The minimum absolute atomic E-state index is 0.0118. The molecule has 2 N–H and O–H groups in total. The lowest BCUT2D eigenvalue weighted by molar-refractivity contribution is 0.0801. The van der Waals surface area contributed by atoms with Gasteiger partial charge in [-0.15, -0.1) is 0 Å². The first-order valence-corrected chi connectivity index (χ1v) is 11.9. The first-order valence-electron chi connectivity index (χ1n) is 10.4. The fourth-order valence-corrected chi connectivity index (χ4v) is 5.32. The van der Waals surface area contributed by atoms with Gasteiger partial charge in [0.1, 0.15) is 12.2 Å². The molecule has 0 saturated heterocycles. The van der Waals surface area contributed by atoms with Gasteiger partial charge in [0.05, 0.1) is 6.07 Å². The number of sulfonamides is 1. The van der Waals surface area contributed by atoms with Crippen molar-refractivity contribution in [3.63, 3.8) is 0 Å². The van der Waals surface area contributed by atoms with Gasteiger partial charge in [-0.3, -0.25) is 9.48 Å². The predicted molar refractivity (Wildman–Crippen MR) is 116 cm³/mol. The zero-order valence-corrected chi connectivity index (χ0v) is 18.8. The maximum absolute atomic E-state index is 12.8. The van der Waals surface area contributed by atoms with Crippen molar-refractivity contribution in [3.05, 3.63) is 40.1 Å². The van der Waals surface area contributed by atoms with Gasteiger partial charge in [-0.25, -0.2) is 9.52 Å². The number of nitrogens with zero attached hydrogens (tertiary/aromatic N) is 4. The van der Waals surface area contributed by atoms with Crippen molar-refractivity contribution in [3.8, 4) is 6.07 Å². The van der Waals surface area contributed by atoms with Gasteiger partial charge in [-0.1, -0.05) is 6.07 Å². The monoisotopic (exact) mass is 456 g/mol. The number of amides is 3. The number of carbonyl (C=O) groups excluding carboxylic acids is 2. The second-order valence-electron chi connectivity index (χ2n) is 8.10. The zero-order chi connectivity index (χ0) is 23.0. The fourth-order valence-electron chi connectivity index (χ4n) is 4.43. The molecule has 2 aliphatic carbocycles. The van der Waals surface area contributed by atoms with Gasteiger partial charge >= 0.3 is 6.03 Å². The molecule has 1 heterocycles. The number of anilines is 1. The third-order valence-corrected chi connectivity index (χ3v) is 7.15. The molecule has 1 aromatic carbocycles. The lowest BCUT2D eigenvalue weighted by atomic mass is 9.99. The van der Waals surface area contributed by atoms with E-state index in [2.05, 4.69) is 16.5 Å². The zero-order valence-electron chi connectivity index (χ0n) is 17.9. The van der Waals surface area contributed by atoms with E-state index in [1.807, 2.05) is 10.8 Å². The summed E-state index contributed by atoms with van der Waals surface area (Å²) >= 11 is 0. The molecular weight excluding hydrogens is 432 g/mol. The van der Waals surface area contributed by atoms with E-state index in [1.165, 1.54) is 25.2 Å². The SMILES string of the molecule is CN(CC#N)C(=O)c1cc(S(=O)(=O)NC(=O)Nc2c3c(cc4c2CCC4)CCC3)nn1C. The Kier molecular flexibility index (Phi) is 5.64. The van der Waals surface area contributed by atoms with Gasteiger partial charge in [0.2, 0.25) is 0 Å². The first-order chi connectivity index (χ1) is 15.2. The van der Waals surface area contributed by atoms with Crippen molar-refractivity contribution in [2.45, 2.75) is 43.6 Å². The second-order valence-corrected chi connectivity index (χ2v) is 9.73. The van der Waals surface area contributed by atoms with E-state index in [0.29, 0.717) is 0 Å². The van der Waals surface area contributed by atoms with E-state index in [-0.39, 0.29) is 12.2 Å². The van der Waals surface area contributed by atoms with Crippen LogP contribution in [0.15, 0.2) is 17.2 Å². The molecule has 0 fully saturated rings. The standard InChI is InChI=1S/C21H24N6O4S/c1-26(10-9-22)20(28)17-12-18(24-27(17)2)32(30,31)25-21(29)23-19-15-7-3-5-13(15)11-14-6-4-8-16(14)19/h11-12H,3-8,10H2,1-2H3,(H2,23,25,29). The Labute approximate surface area is 186 Å². The summed E-state index contributed by atoms with van der Waals surface area (Å²) in [6.07, 6.45) is 5.65. The molecule has 2 aliphatic rings.